The van der Waals surface area contributed by atoms with Crippen molar-refractivity contribution >= 4 is 22.7 Å². The third-order valence-electron chi connectivity index (χ3n) is 7.06. The number of H-pyrrole nitrogens is 1. The maximum Gasteiger partial charge on any atom is 0.246 e. The summed E-state index contributed by atoms with van der Waals surface area (Å²) in [5, 5.41) is 1.05. The lowest BCUT2D eigenvalue weighted by atomic mass is 9.86. The highest BCUT2D eigenvalue weighted by Crippen LogP contribution is 2.44. The highest BCUT2D eigenvalue weighted by Gasteiger charge is 2.48. The predicted octanol–water partition coefficient (Wildman–Crippen LogP) is 4.20. The number of aromatic amines is 1. The van der Waals surface area contributed by atoms with Crippen molar-refractivity contribution in [2.45, 2.75) is 25.0 Å². The molecule has 6 nitrogen and oxygen atoms in total. The average molecular weight is 470 g/mol. The minimum absolute atomic E-state index is 0.0338. The summed E-state index contributed by atoms with van der Waals surface area (Å²) in [5.74, 6) is 0.0955. The zero-order chi connectivity index (χ0) is 24.1. The number of halogens is 1. The lowest BCUT2D eigenvalue weighted by molar-refractivity contribution is -0.159. The lowest BCUT2D eigenvalue weighted by Crippen LogP contribution is -2.62. The van der Waals surface area contributed by atoms with Crippen molar-refractivity contribution in [1.29, 1.82) is 0 Å². The first kappa shape index (κ1) is 21.4. The third-order valence-corrected chi connectivity index (χ3v) is 7.06. The number of methoxy groups -OCH3 is 1. The summed E-state index contributed by atoms with van der Waals surface area (Å²) in [6.07, 6.45) is 0.426. The van der Waals surface area contributed by atoms with E-state index in [1.807, 2.05) is 48.5 Å². The van der Waals surface area contributed by atoms with E-state index in [2.05, 4.69) is 4.98 Å². The Hall–Kier alpha value is -4.13. The minimum atomic E-state index is -0.640. The number of para-hydroxylation sites is 2. The summed E-state index contributed by atoms with van der Waals surface area (Å²) < 4.78 is 19.0. The van der Waals surface area contributed by atoms with Gasteiger partial charge in [-0.2, -0.15) is 0 Å². The van der Waals surface area contributed by atoms with Crippen LogP contribution in [0.15, 0.2) is 72.8 Å². The highest BCUT2D eigenvalue weighted by molar-refractivity contribution is 5.97. The number of ether oxygens (including phenoxy) is 1. The molecule has 35 heavy (non-hydrogen) atoms. The second-order valence-corrected chi connectivity index (χ2v) is 9.05. The smallest absolute Gasteiger partial charge is 0.246 e. The van der Waals surface area contributed by atoms with Crippen LogP contribution >= 0.6 is 0 Å². The lowest BCUT2D eigenvalue weighted by Gasteiger charge is -2.47. The van der Waals surface area contributed by atoms with Crippen LogP contribution in [0.1, 0.15) is 28.4 Å². The van der Waals surface area contributed by atoms with Crippen molar-refractivity contribution in [2.24, 2.45) is 0 Å². The average Bonchev–Trinajstić information content (AvgIpc) is 3.25. The molecule has 1 unspecified atom stereocenters. The molecule has 2 atom stereocenters. The van der Waals surface area contributed by atoms with Crippen molar-refractivity contribution in [3.05, 3.63) is 101 Å². The summed E-state index contributed by atoms with van der Waals surface area (Å²) in [6, 6.07) is 20.6. The Bertz CT molecular complexity index is 1450. The SMILES string of the molecule is COc1ccccc1C1c2[nH]c3ccccc3c2C[C@H]2C(=O)N(Cc3ccc(F)cc3)CC(=O)N12. The van der Waals surface area contributed by atoms with Crippen molar-refractivity contribution in [3.8, 4) is 5.75 Å². The zero-order valence-electron chi connectivity index (χ0n) is 19.2. The largest absolute Gasteiger partial charge is 0.496 e. The number of carbonyl (C=O) groups excluding carboxylic acids is 2. The molecule has 0 aliphatic carbocycles. The number of rotatable bonds is 4. The number of amides is 2. The molecule has 1 saturated heterocycles. The number of carbonyl (C=O) groups is 2. The molecule has 2 aliphatic rings. The Balaban J connectivity index is 1.47. The van der Waals surface area contributed by atoms with Gasteiger partial charge in [0.2, 0.25) is 11.8 Å². The normalized spacial score (nSPS) is 19.6. The van der Waals surface area contributed by atoms with Crippen LogP contribution in [0.4, 0.5) is 4.39 Å². The van der Waals surface area contributed by atoms with E-state index in [1.54, 1.807) is 29.0 Å². The maximum atomic E-state index is 13.8. The molecule has 3 aromatic carbocycles. The second kappa shape index (κ2) is 8.27. The van der Waals surface area contributed by atoms with Crippen LogP contribution in [0, 0.1) is 5.82 Å². The number of aromatic nitrogens is 1. The van der Waals surface area contributed by atoms with Gasteiger partial charge in [-0.15, -0.1) is 0 Å². The third kappa shape index (κ3) is 3.46. The molecule has 2 aliphatic heterocycles. The van der Waals surface area contributed by atoms with Crippen molar-refractivity contribution in [2.75, 3.05) is 13.7 Å². The van der Waals surface area contributed by atoms with E-state index in [9.17, 15) is 14.0 Å². The summed E-state index contributed by atoms with van der Waals surface area (Å²) in [6.45, 7) is 0.225. The van der Waals surface area contributed by atoms with Gasteiger partial charge in [-0.25, -0.2) is 4.39 Å². The number of benzene rings is 3. The summed E-state index contributed by atoms with van der Waals surface area (Å²) in [7, 11) is 1.61. The van der Waals surface area contributed by atoms with Crippen LogP contribution in [-0.4, -0.2) is 46.3 Å². The van der Waals surface area contributed by atoms with Crippen LogP contribution in [0.25, 0.3) is 10.9 Å². The first-order chi connectivity index (χ1) is 17.0. The Morgan fingerprint density at radius 2 is 1.74 bits per heavy atom. The monoisotopic (exact) mass is 469 g/mol. The number of piperazine rings is 1. The van der Waals surface area contributed by atoms with Gasteiger partial charge < -0.3 is 19.5 Å². The van der Waals surface area contributed by atoms with Gasteiger partial charge in [-0.1, -0.05) is 48.5 Å². The molecule has 4 aromatic rings. The maximum absolute atomic E-state index is 13.8. The van der Waals surface area contributed by atoms with E-state index in [0.29, 0.717) is 12.2 Å². The summed E-state index contributed by atoms with van der Waals surface area (Å²) in [4.78, 5) is 34.3. The second-order valence-electron chi connectivity index (χ2n) is 9.05. The first-order valence-corrected chi connectivity index (χ1v) is 11.6. The van der Waals surface area contributed by atoms with Crippen molar-refractivity contribution < 1.29 is 18.7 Å². The molecule has 0 saturated carbocycles. The van der Waals surface area contributed by atoms with E-state index in [1.165, 1.54) is 12.1 Å². The zero-order valence-corrected chi connectivity index (χ0v) is 19.2. The van der Waals surface area contributed by atoms with Gasteiger partial charge in [0.15, 0.2) is 0 Å². The topological polar surface area (TPSA) is 65.6 Å². The molecule has 1 N–H and O–H groups in total. The van der Waals surface area contributed by atoms with Crippen molar-refractivity contribution in [3.63, 3.8) is 0 Å². The molecule has 0 radical (unpaired) electrons. The molecular formula is C28H24FN3O3. The van der Waals surface area contributed by atoms with Crippen LogP contribution in [-0.2, 0) is 22.6 Å². The highest BCUT2D eigenvalue weighted by atomic mass is 19.1. The molecule has 1 fully saturated rings. The number of nitrogens with zero attached hydrogens (tertiary/aromatic N) is 2. The fraction of sp³-hybridized carbons (Fsp3) is 0.214. The van der Waals surface area contributed by atoms with Crippen LogP contribution in [0.2, 0.25) is 0 Å². The first-order valence-electron chi connectivity index (χ1n) is 11.6. The van der Waals surface area contributed by atoms with E-state index >= 15 is 0 Å². The summed E-state index contributed by atoms with van der Waals surface area (Å²) >= 11 is 0. The van der Waals surface area contributed by atoms with Gasteiger partial charge in [0.05, 0.1) is 7.11 Å². The van der Waals surface area contributed by atoms with Crippen LogP contribution in [0.3, 0.4) is 0 Å². The minimum Gasteiger partial charge on any atom is -0.496 e. The van der Waals surface area contributed by atoms with Gasteiger partial charge in [0.1, 0.15) is 30.2 Å². The molecule has 0 spiro atoms. The van der Waals surface area contributed by atoms with E-state index in [-0.39, 0.29) is 30.7 Å². The van der Waals surface area contributed by atoms with E-state index in [0.717, 1.165) is 33.3 Å². The molecule has 1 aromatic heterocycles. The number of nitrogens with one attached hydrogen (secondary N) is 1. The molecule has 7 heteroatoms. The fourth-order valence-electron chi connectivity index (χ4n) is 5.48. The number of hydrogen-bond acceptors (Lipinski definition) is 3. The molecule has 2 amide bonds. The van der Waals surface area contributed by atoms with Gasteiger partial charge in [0, 0.05) is 35.1 Å². The van der Waals surface area contributed by atoms with Crippen LogP contribution in [0.5, 0.6) is 5.75 Å². The fourth-order valence-corrected chi connectivity index (χ4v) is 5.48. The standard InChI is InChI=1S/C28H24FN3O3/c1-35-24-9-5-3-7-20(24)27-26-21(19-6-2-4-8-22(19)30-26)14-23-28(34)31(16-25(33)32(23)27)15-17-10-12-18(29)13-11-17/h2-13,23,27,30H,14-16H2,1H3/t23-,27?/m0/s1. The van der Waals surface area contributed by atoms with Gasteiger partial charge in [-0.05, 0) is 35.4 Å². The Morgan fingerprint density at radius 3 is 2.54 bits per heavy atom. The van der Waals surface area contributed by atoms with E-state index < -0.39 is 12.1 Å². The van der Waals surface area contributed by atoms with Crippen LogP contribution < -0.4 is 4.74 Å². The predicted molar refractivity (Wildman–Crippen MR) is 129 cm³/mol. The Kier molecular flexibility index (Phi) is 5.06. The van der Waals surface area contributed by atoms with Crippen molar-refractivity contribution in [1.82, 2.24) is 14.8 Å². The molecule has 176 valence electrons. The van der Waals surface area contributed by atoms with Gasteiger partial charge >= 0.3 is 0 Å². The Labute approximate surface area is 201 Å². The number of hydrogen-bond donors (Lipinski definition) is 1. The molecular weight excluding hydrogens is 445 g/mol. The molecule has 3 heterocycles. The van der Waals surface area contributed by atoms with Gasteiger partial charge in [0.25, 0.3) is 0 Å². The molecule has 0 bridgehead atoms. The molecule has 6 rings (SSSR count). The Morgan fingerprint density at radius 1 is 1.00 bits per heavy atom. The van der Waals surface area contributed by atoms with Gasteiger partial charge in [-0.3, -0.25) is 9.59 Å². The van der Waals surface area contributed by atoms with E-state index in [4.69, 9.17) is 4.74 Å². The quantitative estimate of drug-likeness (QED) is 0.487. The number of fused-ring (bicyclic) bond motifs is 4. The summed E-state index contributed by atoms with van der Waals surface area (Å²) in [5.41, 5.74) is 4.55.